The van der Waals surface area contributed by atoms with Crippen molar-refractivity contribution in [1.29, 1.82) is 0 Å². The van der Waals surface area contributed by atoms with Crippen molar-refractivity contribution < 1.29 is 9.47 Å². The molecule has 7 heteroatoms. The van der Waals surface area contributed by atoms with Crippen molar-refractivity contribution in [2.75, 3.05) is 43.2 Å². The van der Waals surface area contributed by atoms with Gasteiger partial charge in [-0.15, -0.1) is 0 Å². The Hall–Kier alpha value is -3.06. The highest BCUT2D eigenvalue weighted by Gasteiger charge is 2.22. The summed E-state index contributed by atoms with van der Waals surface area (Å²) in [6.45, 7) is 5.04. The van der Waals surface area contributed by atoms with E-state index in [2.05, 4.69) is 51.5 Å². The lowest BCUT2D eigenvalue weighted by atomic mass is 9.95. The third-order valence-corrected chi connectivity index (χ3v) is 7.04. The molecule has 0 amide bonds. The zero-order chi connectivity index (χ0) is 22.0. The van der Waals surface area contributed by atoms with Crippen LogP contribution in [-0.2, 0) is 6.54 Å². The van der Waals surface area contributed by atoms with E-state index < -0.39 is 0 Å². The van der Waals surface area contributed by atoms with Gasteiger partial charge in [-0.1, -0.05) is 37.5 Å². The number of ether oxygens (including phenoxy) is 2. The van der Waals surface area contributed by atoms with Crippen LogP contribution in [0.2, 0.25) is 0 Å². The number of anilines is 2. The first-order chi connectivity index (χ1) is 16.3. The molecule has 3 aliphatic rings. The van der Waals surface area contributed by atoms with Crippen molar-refractivity contribution in [2.45, 2.75) is 44.7 Å². The van der Waals surface area contributed by atoms with E-state index in [1.165, 1.54) is 37.7 Å². The standard InChI is InChI=1S/C26H31N5O2/c1-2-6-20(7-3-1)27-25-21-8-4-5-9-22(21)28-26(29-25)31-14-12-30(13-15-31)17-19-10-11-23-24(16-19)33-18-32-23/h4-5,8-11,16,20H,1-3,6-7,12-15,17-18H2,(H,27,28,29). The van der Waals surface area contributed by atoms with Crippen LogP contribution in [0.25, 0.3) is 10.9 Å². The predicted molar refractivity (Wildman–Crippen MR) is 130 cm³/mol. The Bertz CT molecular complexity index is 1120. The molecule has 2 aliphatic heterocycles. The number of nitrogens with zero attached hydrogens (tertiary/aromatic N) is 4. The Balaban J connectivity index is 1.15. The largest absolute Gasteiger partial charge is 0.454 e. The molecule has 172 valence electrons. The highest BCUT2D eigenvalue weighted by atomic mass is 16.7. The summed E-state index contributed by atoms with van der Waals surface area (Å²) in [5.74, 6) is 3.53. The van der Waals surface area contributed by atoms with Crippen molar-refractivity contribution >= 4 is 22.7 Å². The summed E-state index contributed by atoms with van der Waals surface area (Å²) in [6.07, 6.45) is 6.42. The molecule has 0 bridgehead atoms. The molecule has 1 aromatic heterocycles. The molecule has 1 N–H and O–H groups in total. The number of nitrogens with one attached hydrogen (secondary N) is 1. The molecule has 2 fully saturated rings. The van der Waals surface area contributed by atoms with E-state index in [0.717, 1.165) is 66.9 Å². The first-order valence-electron chi connectivity index (χ1n) is 12.2. The van der Waals surface area contributed by atoms with Gasteiger partial charge in [-0.2, -0.15) is 4.98 Å². The van der Waals surface area contributed by atoms with Gasteiger partial charge >= 0.3 is 0 Å². The van der Waals surface area contributed by atoms with Crippen molar-refractivity contribution in [3.63, 3.8) is 0 Å². The summed E-state index contributed by atoms with van der Waals surface area (Å²) in [5, 5.41) is 4.87. The fourth-order valence-corrected chi connectivity index (χ4v) is 5.16. The molecule has 1 aliphatic carbocycles. The predicted octanol–water partition coefficient (Wildman–Crippen LogP) is 4.43. The lowest BCUT2D eigenvalue weighted by molar-refractivity contribution is 0.174. The van der Waals surface area contributed by atoms with Crippen LogP contribution in [0, 0.1) is 0 Å². The minimum absolute atomic E-state index is 0.320. The van der Waals surface area contributed by atoms with Gasteiger partial charge in [-0.05, 0) is 42.7 Å². The average molecular weight is 446 g/mol. The van der Waals surface area contributed by atoms with E-state index in [-0.39, 0.29) is 0 Å². The fraction of sp³-hybridized carbons (Fsp3) is 0.462. The Morgan fingerprint density at radius 2 is 1.70 bits per heavy atom. The molecule has 7 nitrogen and oxygen atoms in total. The van der Waals surface area contributed by atoms with Crippen LogP contribution >= 0.6 is 0 Å². The Morgan fingerprint density at radius 3 is 2.58 bits per heavy atom. The summed E-state index contributed by atoms with van der Waals surface area (Å²) < 4.78 is 11.0. The van der Waals surface area contributed by atoms with Crippen molar-refractivity contribution in [3.8, 4) is 11.5 Å². The lowest BCUT2D eigenvalue weighted by Crippen LogP contribution is -2.46. The van der Waals surface area contributed by atoms with Crippen molar-refractivity contribution in [3.05, 3.63) is 48.0 Å². The van der Waals surface area contributed by atoms with Gasteiger partial charge < -0.3 is 19.7 Å². The molecular weight excluding hydrogens is 414 g/mol. The maximum absolute atomic E-state index is 5.53. The summed E-state index contributed by atoms with van der Waals surface area (Å²) in [7, 11) is 0. The Morgan fingerprint density at radius 1 is 0.879 bits per heavy atom. The first-order valence-corrected chi connectivity index (χ1v) is 12.2. The number of piperazine rings is 1. The third-order valence-electron chi connectivity index (χ3n) is 7.04. The SMILES string of the molecule is c1ccc2c(NC3CCCCC3)nc(N3CCN(Cc4ccc5c(c4)OCO5)CC3)nc2c1. The summed E-state index contributed by atoms with van der Waals surface area (Å²) in [4.78, 5) is 14.8. The first kappa shape index (κ1) is 20.5. The summed E-state index contributed by atoms with van der Waals surface area (Å²) in [6, 6.07) is 15.1. The molecule has 3 heterocycles. The summed E-state index contributed by atoms with van der Waals surface area (Å²) in [5.41, 5.74) is 2.28. The van der Waals surface area contributed by atoms with E-state index >= 15 is 0 Å². The third kappa shape index (κ3) is 4.42. The highest BCUT2D eigenvalue weighted by molar-refractivity contribution is 5.90. The second kappa shape index (κ2) is 9.06. The smallest absolute Gasteiger partial charge is 0.231 e. The molecule has 0 spiro atoms. The molecular formula is C26H31N5O2. The topological polar surface area (TPSA) is 62.8 Å². The number of hydrogen-bond acceptors (Lipinski definition) is 7. The molecule has 3 aromatic rings. The average Bonchev–Trinajstić information content (AvgIpc) is 3.33. The molecule has 0 atom stereocenters. The van der Waals surface area contributed by atoms with Crippen molar-refractivity contribution in [1.82, 2.24) is 14.9 Å². The highest BCUT2D eigenvalue weighted by Crippen LogP contribution is 2.33. The Labute approximate surface area is 194 Å². The van der Waals surface area contributed by atoms with Gasteiger partial charge in [0, 0.05) is 44.2 Å². The van der Waals surface area contributed by atoms with Gasteiger partial charge in [0.05, 0.1) is 5.52 Å². The number of fused-ring (bicyclic) bond motifs is 2. The van der Waals surface area contributed by atoms with Crippen LogP contribution in [0.4, 0.5) is 11.8 Å². The van der Waals surface area contributed by atoms with Gasteiger partial charge in [0.15, 0.2) is 11.5 Å². The number of rotatable bonds is 5. The minimum Gasteiger partial charge on any atom is -0.454 e. The van der Waals surface area contributed by atoms with E-state index in [1.807, 2.05) is 6.07 Å². The molecule has 1 saturated heterocycles. The quantitative estimate of drug-likeness (QED) is 0.623. The van der Waals surface area contributed by atoms with E-state index in [1.54, 1.807) is 0 Å². The molecule has 0 unspecified atom stereocenters. The number of para-hydroxylation sites is 1. The van der Waals surface area contributed by atoms with Gasteiger partial charge in [-0.3, -0.25) is 4.90 Å². The van der Waals surface area contributed by atoms with Gasteiger partial charge in [0.2, 0.25) is 12.7 Å². The summed E-state index contributed by atoms with van der Waals surface area (Å²) >= 11 is 0. The molecule has 0 radical (unpaired) electrons. The molecule has 33 heavy (non-hydrogen) atoms. The van der Waals surface area contributed by atoms with Crippen LogP contribution in [0.15, 0.2) is 42.5 Å². The van der Waals surface area contributed by atoms with Crippen LogP contribution in [-0.4, -0.2) is 53.9 Å². The number of hydrogen-bond donors (Lipinski definition) is 1. The van der Waals surface area contributed by atoms with Gasteiger partial charge in [0.1, 0.15) is 5.82 Å². The van der Waals surface area contributed by atoms with E-state index in [0.29, 0.717) is 12.8 Å². The lowest BCUT2D eigenvalue weighted by Gasteiger charge is -2.35. The maximum atomic E-state index is 5.53. The molecule has 2 aromatic carbocycles. The normalized spacial score (nSPS) is 19.2. The molecule has 1 saturated carbocycles. The number of benzene rings is 2. The minimum atomic E-state index is 0.320. The van der Waals surface area contributed by atoms with E-state index in [4.69, 9.17) is 19.4 Å². The zero-order valence-electron chi connectivity index (χ0n) is 19.0. The van der Waals surface area contributed by atoms with Gasteiger partial charge in [0.25, 0.3) is 0 Å². The zero-order valence-corrected chi connectivity index (χ0v) is 19.0. The second-order valence-corrected chi connectivity index (χ2v) is 9.32. The van der Waals surface area contributed by atoms with Crippen LogP contribution in [0.3, 0.4) is 0 Å². The second-order valence-electron chi connectivity index (χ2n) is 9.32. The fourth-order valence-electron chi connectivity index (χ4n) is 5.16. The van der Waals surface area contributed by atoms with Crippen molar-refractivity contribution in [2.24, 2.45) is 0 Å². The van der Waals surface area contributed by atoms with Gasteiger partial charge in [-0.25, -0.2) is 4.98 Å². The van der Waals surface area contributed by atoms with E-state index in [9.17, 15) is 0 Å². The molecule has 6 rings (SSSR count). The Kier molecular flexibility index (Phi) is 5.64. The van der Waals surface area contributed by atoms with Crippen LogP contribution in [0.5, 0.6) is 11.5 Å². The number of aromatic nitrogens is 2. The maximum Gasteiger partial charge on any atom is 0.231 e. The van der Waals surface area contributed by atoms with Crippen LogP contribution < -0.4 is 19.7 Å². The van der Waals surface area contributed by atoms with Crippen LogP contribution in [0.1, 0.15) is 37.7 Å². The monoisotopic (exact) mass is 445 g/mol.